The van der Waals surface area contributed by atoms with E-state index in [-0.39, 0.29) is 12.5 Å². The molecule has 1 saturated carbocycles. The number of hydrogen-bond acceptors (Lipinski definition) is 4. The van der Waals surface area contributed by atoms with E-state index in [2.05, 4.69) is 10.3 Å². The van der Waals surface area contributed by atoms with Crippen LogP contribution >= 0.6 is 0 Å². The molecule has 1 fully saturated rings. The number of ether oxygens (including phenoxy) is 1. The largest absolute Gasteiger partial charge is 0.482 e. The van der Waals surface area contributed by atoms with Crippen molar-refractivity contribution in [3.05, 3.63) is 24.0 Å². The zero-order valence-corrected chi connectivity index (χ0v) is 12.5. The van der Waals surface area contributed by atoms with Crippen molar-refractivity contribution in [3.63, 3.8) is 0 Å². The topological polar surface area (TPSA) is 77.2 Å². The van der Waals surface area contributed by atoms with Crippen LogP contribution in [-0.2, 0) is 11.2 Å². The van der Waals surface area contributed by atoms with Gasteiger partial charge in [-0.3, -0.25) is 9.78 Å². The minimum atomic E-state index is -0.0482. The molecule has 0 aromatic carbocycles. The molecular weight excluding hydrogens is 266 g/mol. The number of nitrogens with zero attached hydrogens (tertiary/aromatic N) is 1. The van der Waals surface area contributed by atoms with Crippen molar-refractivity contribution < 1.29 is 9.53 Å². The number of nitrogens with one attached hydrogen (secondary N) is 1. The fourth-order valence-electron chi connectivity index (χ4n) is 2.63. The number of nitrogens with two attached hydrogens (primary N) is 1. The maximum absolute atomic E-state index is 11.9. The number of pyridine rings is 1. The van der Waals surface area contributed by atoms with E-state index in [4.69, 9.17) is 10.5 Å². The van der Waals surface area contributed by atoms with Crippen LogP contribution in [-0.4, -0.2) is 30.1 Å². The molecule has 0 unspecified atom stereocenters. The summed E-state index contributed by atoms with van der Waals surface area (Å²) in [5.41, 5.74) is 6.41. The first-order valence-electron chi connectivity index (χ1n) is 7.85. The number of amides is 1. The van der Waals surface area contributed by atoms with E-state index >= 15 is 0 Å². The van der Waals surface area contributed by atoms with Gasteiger partial charge in [0.1, 0.15) is 5.75 Å². The summed E-state index contributed by atoms with van der Waals surface area (Å²) < 4.78 is 5.47. The van der Waals surface area contributed by atoms with Crippen molar-refractivity contribution in [2.24, 2.45) is 5.73 Å². The summed E-state index contributed by atoms with van der Waals surface area (Å²) in [6, 6.07) is 4.02. The van der Waals surface area contributed by atoms with Crippen LogP contribution < -0.4 is 15.8 Å². The molecule has 1 aliphatic rings. The Bertz CT molecular complexity index is 426. The molecule has 0 radical (unpaired) electrons. The minimum absolute atomic E-state index is 0.0482. The minimum Gasteiger partial charge on any atom is -0.482 e. The van der Waals surface area contributed by atoms with Gasteiger partial charge in [-0.15, -0.1) is 0 Å². The molecule has 0 atom stereocenters. The normalized spacial score (nSPS) is 16.2. The molecule has 21 heavy (non-hydrogen) atoms. The standard InChI is InChI=1S/C16H25N3O2/c17-10-9-13-7-8-15(11-18-13)21-12-16(20)19-14-5-3-1-2-4-6-14/h7-8,11,14H,1-6,9-10,12,17H2,(H,19,20). The molecule has 0 spiro atoms. The van der Waals surface area contributed by atoms with Crippen LogP contribution in [0.5, 0.6) is 5.75 Å². The lowest BCUT2D eigenvalue weighted by atomic mass is 10.1. The molecule has 1 heterocycles. The first-order chi connectivity index (χ1) is 10.3. The monoisotopic (exact) mass is 291 g/mol. The Morgan fingerprint density at radius 1 is 1.29 bits per heavy atom. The van der Waals surface area contributed by atoms with Crippen LogP contribution in [0.3, 0.4) is 0 Å². The Kier molecular flexibility index (Phi) is 6.47. The van der Waals surface area contributed by atoms with Crippen LogP contribution in [0.1, 0.15) is 44.2 Å². The van der Waals surface area contributed by atoms with Gasteiger partial charge in [0, 0.05) is 18.2 Å². The molecule has 0 aliphatic heterocycles. The van der Waals surface area contributed by atoms with Crippen molar-refractivity contribution in [1.82, 2.24) is 10.3 Å². The van der Waals surface area contributed by atoms with E-state index in [0.717, 1.165) is 25.0 Å². The lowest BCUT2D eigenvalue weighted by Gasteiger charge is -2.16. The number of aromatic nitrogens is 1. The highest BCUT2D eigenvalue weighted by molar-refractivity contribution is 5.77. The van der Waals surface area contributed by atoms with Crippen LogP contribution in [0.15, 0.2) is 18.3 Å². The van der Waals surface area contributed by atoms with Crippen LogP contribution in [0.2, 0.25) is 0 Å². The summed E-state index contributed by atoms with van der Waals surface area (Å²) in [4.78, 5) is 16.1. The SMILES string of the molecule is NCCc1ccc(OCC(=O)NC2CCCCCC2)cn1. The average Bonchev–Trinajstić information content (AvgIpc) is 2.75. The highest BCUT2D eigenvalue weighted by Crippen LogP contribution is 2.17. The summed E-state index contributed by atoms with van der Waals surface area (Å²) in [5, 5.41) is 3.06. The van der Waals surface area contributed by atoms with Gasteiger partial charge in [-0.05, 0) is 31.5 Å². The van der Waals surface area contributed by atoms with Crippen LogP contribution in [0, 0.1) is 0 Å². The quantitative estimate of drug-likeness (QED) is 0.784. The predicted octanol–water partition coefficient (Wildman–Crippen LogP) is 1.80. The van der Waals surface area contributed by atoms with E-state index in [1.54, 1.807) is 6.20 Å². The van der Waals surface area contributed by atoms with Crippen molar-refractivity contribution in [2.45, 2.75) is 51.0 Å². The number of hydrogen-bond donors (Lipinski definition) is 2. The first kappa shape index (κ1) is 15.8. The third kappa shape index (κ3) is 5.71. The number of carbonyl (C=O) groups is 1. The summed E-state index contributed by atoms with van der Waals surface area (Å²) in [7, 11) is 0. The second-order valence-corrected chi connectivity index (χ2v) is 5.57. The maximum Gasteiger partial charge on any atom is 0.258 e. The molecular formula is C16H25N3O2. The smallest absolute Gasteiger partial charge is 0.258 e. The molecule has 116 valence electrons. The average molecular weight is 291 g/mol. The van der Waals surface area contributed by atoms with Gasteiger partial charge in [0.2, 0.25) is 0 Å². The van der Waals surface area contributed by atoms with Crippen molar-refractivity contribution >= 4 is 5.91 Å². The van der Waals surface area contributed by atoms with Gasteiger partial charge < -0.3 is 15.8 Å². The summed E-state index contributed by atoms with van der Waals surface area (Å²) >= 11 is 0. The Balaban J connectivity index is 1.72. The fourth-order valence-corrected chi connectivity index (χ4v) is 2.63. The third-order valence-electron chi connectivity index (χ3n) is 3.79. The Hall–Kier alpha value is -1.62. The lowest BCUT2D eigenvalue weighted by molar-refractivity contribution is -0.123. The fraction of sp³-hybridized carbons (Fsp3) is 0.625. The van der Waals surface area contributed by atoms with Gasteiger partial charge in [-0.2, -0.15) is 0 Å². The molecule has 1 aromatic rings. The van der Waals surface area contributed by atoms with E-state index < -0.39 is 0 Å². The zero-order valence-electron chi connectivity index (χ0n) is 12.5. The Morgan fingerprint density at radius 3 is 2.67 bits per heavy atom. The molecule has 3 N–H and O–H groups in total. The zero-order chi connectivity index (χ0) is 14.9. The van der Waals surface area contributed by atoms with Gasteiger partial charge in [0.25, 0.3) is 5.91 Å². The van der Waals surface area contributed by atoms with Gasteiger partial charge in [-0.1, -0.05) is 25.7 Å². The lowest BCUT2D eigenvalue weighted by Crippen LogP contribution is -2.37. The van der Waals surface area contributed by atoms with Crippen molar-refractivity contribution in [2.75, 3.05) is 13.2 Å². The highest BCUT2D eigenvalue weighted by Gasteiger charge is 2.14. The van der Waals surface area contributed by atoms with Gasteiger partial charge >= 0.3 is 0 Å². The van der Waals surface area contributed by atoms with Crippen LogP contribution in [0.4, 0.5) is 0 Å². The number of rotatable bonds is 6. The highest BCUT2D eigenvalue weighted by atomic mass is 16.5. The van der Waals surface area contributed by atoms with Crippen LogP contribution in [0.25, 0.3) is 0 Å². The molecule has 5 nitrogen and oxygen atoms in total. The molecule has 5 heteroatoms. The van der Waals surface area contributed by atoms with Crippen molar-refractivity contribution in [3.8, 4) is 5.75 Å². The molecule has 0 saturated heterocycles. The molecule has 1 aromatic heterocycles. The van der Waals surface area contributed by atoms with Crippen molar-refractivity contribution in [1.29, 1.82) is 0 Å². The van der Waals surface area contributed by atoms with Gasteiger partial charge in [-0.25, -0.2) is 0 Å². The van der Waals surface area contributed by atoms with Gasteiger partial charge in [0.05, 0.1) is 6.20 Å². The van der Waals surface area contributed by atoms with E-state index in [1.165, 1.54) is 25.7 Å². The van der Waals surface area contributed by atoms with Gasteiger partial charge in [0.15, 0.2) is 6.61 Å². The Morgan fingerprint density at radius 2 is 2.05 bits per heavy atom. The number of carbonyl (C=O) groups excluding carboxylic acids is 1. The molecule has 1 amide bonds. The molecule has 2 rings (SSSR count). The second kappa shape index (κ2) is 8.62. The Labute approximate surface area is 126 Å². The summed E-state index contributed by atoms with van der Waals surface area (Å²) in [6.07, 6.45) is 9.54. The molecule has 1 aliphatic carbocycles. The third-order valence-corrected chi connectivity index (χ3v) is 3.79. The predicted molar refractivity (Wildman–Crippen MR) is 82.1 cm³/mol. The van der Waals surface area contributed by atoms with E-state index in [0.29, 0.717) is 18.3 Å². The first-order valence-corrected chi connectivity index (χ1v) is 7.85. The van der Waals surface area contributed by atoms with E-state index in [9.17, 15) is 4.79 Å². The molecule has 0 bridgehead atoms. The maximum atomic E-state index is 11.9. The summed E-state index contributed by atoms with van der Waals surface area (Å²) in [6.45, 7) is 0.630. The van der Waals surface area contributed by atoms with E-state index in [1.807, 2.05) is 12.1 Å². The second-order valence-electron chi connectivity index (χ2n) is 5.57. The summed E-state index contributed by atoms with van der Waals surface area (Å²) in [5.74, 6) is 0.569.